The van der Waals surface area contributed by atoms with Crippen molar-refractivity contribution in [1.82, 2.24) is 9.88 Å². The summed E-state index contributed by atoms with van der Waals surface area (Å²) < 4.78 is 5.05. The van der Waals surface area contributed by atoms with Gasteiger partial charge in [0.15, 0.2) is 0 Å². The number of pyridine rings is 1. The van der Waals surface area contributed by atoms with Crippen LogP contribution in [-0.4, -0.2) is 50.3 Å². The Morgan fingerprint density at radius 1 is 1.26 bits per heavy atom. The standard InChI is InChI=1S/C15H27N3O/c1-15(2,3)13-6-7-14(17-12-13)16-8-9-18(4)10-11-19-5/h6-7,12H,8-11H2,1-5H3,(H,16,17). The fraction of sp³-hybridized carbons (Fsp3) is 0.667. The fourth-order valence-electron chi connectivity index (χ4n) is 1.68. The zero-order valence-corrected chi connectivity index (χ0v) is 12.9. The maximum atomic E-state index is 5.05. The van der Waals surface area contributed by atoms with Gasteiger partial charge in [-0.15, -0.1) is 0 Å². The molecule has 0 amide bonds. The molecule has 0 aliphatic rings. The molecule has 0 unspecified atom stereocenters. The van der Waals surface area contributed by atoms with Gasteiger partial charge in [-0.05, 0) is 24.1 Å². The van der Waals surface area contributed by atoms with Gasteiger partial charge in [0.2, 0.25) is 0 Å². The summed E-state index contributed by atoms with van der Waals surface area (Å²) in [5, 5.41) is 3.34. The van der Waals surface area contributed by atoms with Crippen molar-refractivity contribution in [3.63, 3.8) is 0 Å². The van der Waals surface area contributed by atoms with Gasteiger partial charge >= 0.3 is 0 Å². The lowest BCUT2D eigenvalue weighted by atomic mass is 9.88. The van der Waals surface area contributed by atoms with Crippen LogP contribution in [0.2, 0.25) is 0 Å². The lowest BCUT2D eigenvalue weighted by Gasteiger charge is -2.19. The number of aromatic nitrogens is 1. The summed E-state index contributed by atoms with van der Waals surface area (Å²) in [7, 11) is 3.82. The van der Waals surface area contributed by atoms with E-state index in [2.05, 4.69) is 55.2 Å². The zero-order valence-electron chi connectivity index (χ0n) is 12.9. The topological polar surface area (TPSA) is 37.4 Å². The van der Waals surface area contributed by atoms with Crippen LogP contribution in [0.1, 0.15) is 26.3 Å². The van der Waals surface area contributed by atoms with Gasteiger partial charge < -0.3 is 15.0 Å². The summed E-state index contributed by atoms with van der Waals surface area (Å²) >= 11 is 0. The summed E-state index contributed by atoms with van der Waals surface area (Å²) in [6.07, 6.45) is 1.96. The Hall–Kier alpha value is -1.13. The van der Waals surface area contributed by atoms with E-state index in [1.165, 1.54) is 5.56 Å². The number of nitrogens with one attached hydrogen (secondary N) is 1. The third-order valence-corrected chi connectivity index (χ3v) is 3.11. The average molecular weight is 265 g/mol. The number of methoxy groups -OCH3 is 1. The number of anilines is 1. The zero-order chi connectivity index (χ0) is 14.3. The van der Waals surface area contributed by atoms with E-state index in [1.807, 2.05) is 6.20 Å². The molecule has 0 fully saturated rings. The van der Waals surface area contributed by atoms with Gasteiger partial charge in [0, 0.05) is 32.9 Å². The molecule has 0 saturated carbocycles. The molecular weight excluding hydrogens is 238 g/mol. The van der Waals surface area contributed by atoms with Gasteiger partial charge in [0.1, 0.15) is 5.82 Å². The van der Waals surface area contributed by atoms with E-state index < -0.39 is 0 Å². The Bertz CT molecular complexity index is 357. The molecule has 1 aromatic heterocycles. The maximum Gasteiger partial charge on any atom is 0.125 e. The Morgan fingerprint density at radius 2 is 2.00 bits per heavy atom. The van der Waals surface area contributed by atoms with Crippen LogP contribution < -0.4 is 5.32 Å². The first kappa shape index (κ1) is 15.9. The lowest BCUT2D eigenvalue weighted by Crippen LogP contribution is -2.28. The van der Waals surface area contributed by atoms with Crippen LogP contribution in [0, 0.1) is 0 Å². The number of hydrogen-bond donors (Lipinski definition) is 1. The SMILES string of the molecule is COCCN(C)CCNc1ccc(C(C)(C)C)cn1. The highest BCUT2D eigenvalue weighted by Gasteiger charge is 2.13. The third kappa shape index (κ3) is 6.03. The highest BCUT2D eigenvalue weighted by Crippen LogP contribution is 2.21. The fourth-order valence-corrected chi connectivity index (χ4v) is 1.68. The van der Waals surface area contributed by atoms with Crippen LogP contribution in [0.4, 0.5) is 5.82 Å². The normalized spacial score (nSPS) is 11.9. The van der Waals surface area contributed by atoms with Gasteiger partial charge in [-0.2, -0.15) is 0 Å². The maximum absolute atomic E-state index is 5.05. The minimum Gasteiger partial charge on any atom is -0.383 e. The first-order valence-electron chi connectivity index (χ1n) is 6.81. The van der Waals surface area contributed by atoms with Crippen molar-refractivity contribution >= 4 is 5.82 Å². The van der Waals surface area contributed by atoms with Gasteiger partial charge in [-0.1, -0.05) is 26.8 Å². The van der Waals surface area contributed by atoms with E-state index in [9.17, 15) is 0 Å². The van der Waals surface area contributed by atoms with Crippen LogP contribution in [0.15, 0.2) is 18.3 Å². The Balaban J connectivity index is 2.34. The summed E-state index contributed by atoms with van der Waals surface area (Å²) in [5.41, 5.74) is 1.42. The van der Waals surface area contributed by atoms with Crippen molar-refractivity contribution in [2.24, 2.45) is 0 Å². The second-order valence-electron chi connectivity index (χ2n) is 5.90. The summed E-state index contributed by atoms with van der Waals surface area (Å²) in [6, 6.07) is 4.19. The Labute approximate surface area is 117 Å². The first-order valence-corrected chi connectivity index (χ1v) is 6.81. The minimum atomic E-state index is 0.159. The van der Waals surface area contributed by atoms with Crippen molar-refractivity contribution in [3.05, 3.63) is 23.9 Å². The van der Waals surface area contributed by atoms with Gasteiger partial charge in [0.25, 0.3) is 0 Å². The number of hydrogen-bond acceptors (Lipinski definition) is 4. The molecule has 0 aliphatic heterocycles. The Morgan fingerprint density at radius 3 is 2.53 bits per heavy atom. The predicted octanol–water partition coefficient (Wildman–Crippen LogP) is 2.37. The van der Waals surface area contributed by atoms with Crippen LogP contribution in [-0.2, 0) is 10.2 Å². The average Bonchev–Trinajstić information content (AvgIpc) is 2.36. The largest absolute Gasteiger partial charge is 0.383 e. The molecule has 0 radical (unpaired) electrons. The quantitative estimate of drug-likeness (QED) is 0.821. The number of rotatable bonds is 7. The second-order valence-corrected chi connectivity index (χ2v) is 5.90. The number of ether oxygens (including phenoxy) is 1. The molecule has 4 nitrogen and oxygen atoms in total. The van der Waals surface area contributed by atoms with E-state index in [1.54, 1.807) is 7.11 Å². The molecule has 19 heavy (non-hydrogen) atoms. The minimum absolute atomic E-state index is 0.159. The van der Waals surface area contributed by atoms with Crippen molar-refractivity contribution in [3.8, 4) is 0 Å². The van der Waals surface area contributed by atoms with Crippen molar-refractivity contribution in [2.45, 2.75) is 26.2 Å². The van der Waals surface area contributed by atoms with Crippen molar-refractivity contribution in [1.29, 1.82) is 0 Å². The van der Waals surface area contributed by atoms with Crippen LogP contribution in [0.3, 0.4) is 0 Å². The Kier molecular flexibility index (Phi) is 6.25. The molecule has 1 aromatic rings. The molecular formula is C15H27N3O. The van der Waals surface area contributed by atoms with Gasteiger partial charge in [0.05, 0.1) is 6.61 Å². The highest BCUT2D eigenvalue weighted by atomic mass is 16.5. The first-order chi connectivity index (χ1) is 8.93. The van der Waals surface area contributed by atoms with Crippen molar-refractivity contribution < 1.29 is 4.74 Å². The smallest absolute Gasteiger partial charge is 0.125 e. The van der Waals surface area contributed by atoms with Crippen LogP contribution >= 0.6 is 0 Å². The molecule has 0 aromatic carbocycles. The molecule has 0 spiro atoms. The monoisotopic (exact) mass is 265 g/mol. The number of likely N-dealkylation sites (N-methyl/N-ethyl adjacent to an activating group) is 1. The molecule has 0 saturated heterocycles. The van der Waals surface area contributed by atoms with E-state index in [4.69, 9.17) is 4.74 Å². The predicted molar refractivity (Wildman–Crippen MR) is 80.8 cm³/mol. The molecule has 4 heteroatoms. The van der Waals surface area contributed by atoms with Crippen molar-refractivity contribution in [2.75, 3.05) is 45.7 Å². The summed E-state index contributed by atoms with van der Waals surface area (Å²) in [5.74, 6) is 0.938. The van der Waals surface area contributed by atoms with E-state index in [-0.39, 0.29) is 5.41 Å². The molecule has 108 valence electrons. The molecule has 1 heterocycles. The van der Waals surface area contributed by atoms with Gasteiger partial charge in [-0.3, -0.25) is 0 Å². The molecule has 0 bridgehead atoms. The van der Waals surface area contributed by atoms with E-state index >= 15 is 0 Å². The molecule has 1 rings (SSSR count). The van der Waals surface area contributed by atoms with E-state index in [0.717, 1.165) is 32.1 Å². The molecule has 1 N–H and O–H groups in total. The number of nitrogens with zero attached hydrogens (tertiary/aromatic N) is 2. The third-order valence-electron chi connectivity index (χ3n) is 3.11. The molecule has 0 atom stereocenters. The van der Waals surface area contributed by atoms with Gasteiger partial charge in [-0.25, -0.2) is 4.98 Å². The van der Waals surface area contributed by atoms with Crippen LogP contribution in [0.5, 0.6) is 0 Å². The highest BCUT2D eigenvalue weighted by molar-refractivity contribution is 5.37. The van der Waals surface area contributed by atoms with Crippen LogP contribution in [0.25, 0.3) is 0 Å². The summed E-state index contributed by atoms with van der Waals surface area (Å²) in [6.45, 7) is 10.2. The molecule has 0 aliphatic carbocycles. The lowest BCUT2D eigenvalue weighted by molar-refractivity contribution is 0.163. The summed E-state index contributed by atoms with van der Waals surface area (Å²) in [4.78, 5) is 6.69. The second kappa shape index (κ2) is 7.46. The van der Waals surface area contributed by atoms with E-state index in [0.29, 0.717) is 0 Å².